The highest BCUT2D eigenvalue weighted by Gasteiger charge is 2.10. The Hall–Kier alpha value is -2.37. The number of hydrogen-bond acceptors (Lipinski definition) is 2. The van der Waals surface area contributed by atoms with E-state index in [0.29, 0.717) is 0 Å². The van der Waals surface area contributed by atoms with Crippen LogP contribution >= 0.6 is 0 Å². The average Bonchev–Trinajstić information content (AvgIpc) is 2.47. The van der Waals surface area contributed by atoms with Gasteiger partial charge in [0, 0.05) is 16.7 Å². The van der Waals surface area contributed by atoms with Gasteiger partial charge in [0.1, 0.15) is 18.2 Å². The maximum absolute atomic E-state index is 13.3. The molecule has 0 atom stereocenters. The monoisotopic (exact) mass is 297 g/mol. The molecule has 0 aromatic heterocycles. The fourth-order valence-corrected chi connectivity index (χ4v) is 1.68. The minimum Gasteiger partial charge on any atom is -0.391 e. The van der Waals surface area contributed by atoms with Gasteiger partial charge < -0.3 is 4.84 Å². The third-order valence-corrected chi connectivity index (χ3v) is 2.73. The third kappa shape index (κ3) is 4.05. The maximum atomic E-state index is 13.3. The summed E-state index contributed by atoms with van der Waals surface area (Å²) in [5.41, 5.74) is 0.0169. The molecule has 2 aromatic carbocycles. The van der Waals surface area contributed by atoms with Gasteiger partial charge in [-0.3, -0.25) is 0 Å². The highest BCUT2D eigenvalue weighted by molar-refractivity contribution is 5.81. The normalized spacial score (nSPS) is 11.3. The van der Waals surface area contributed by atoms with Crippen LogP contribution in [0.3, 0.4) is 0 Å². The second-order valence-electron chi connectivity index (χ2n) is 4.17. The van der Waals surface area contributed by atoms with E-state index in [1.165, 1.54) is 18.2 Å². The number of benzene rings is 2. The van der Waals surface area contributed by atoms with E-state index in [4.69, 9.17) is 4.84 Å². The van der Waals surface area contributed by atoms with Crippen molar-refractivity contribution in [1.29, 1.82) is 0 Å². The molecular weight excluding hydrogens is 286 g/mol. The van der Waals surface area contributed by atoms with Crippen LogP contribution in [-0.4, -0.2) is 6.21 Å². The standard InChI is InChI=1S/C15H11F4NO/c16-12-5-6-14(17)11(7-12)9-21-20-8-10-3-1-2-4-13(10)15(18)19/h1-8,15H,9H2. The lowest BCUT2D eigenvalue weighted by atomic mass is 10.1. The minimum atomic E-state index is -2.63. The number of rotatable bonds is 5. The van der Waals surface area contributed by atoms with Gasteiger partial charge in [0.25, 0.3) is 6.43 Å². The molecule has 2 aromatic rings. The summed E-state index contributed by atoms with van der Waals surface area (Å²) in [7, 11) is 0. The summed E-state index contributed by atoms with van der Waals surface area (Å²) < 4.78 is 51.6. The molecule has 0 aliphatic carbocycles. The van der Waals surface area contributed by atoms with Gasteiger partial charge in [-0.05, 0) is 18.2 Å². The van der Waals surface area contributed by atoms with Crippen molar-refractivity contribution >= 4 is 6.21 Å². The van der Waals surface area contributed by atoms with Crippen LogP contribution in [0.5, 0.6) is 0 Å². The van der Waals surface area contributed by atoms with E-state index < -0.39 is 18.1 Å². The van der Waals surface area contributed by atoms with Crippen molar-refractivity contribution in [2.45, 2.75) is 13.0 Å². The van der Waals surface area contributed by atoms with Gasteiger partial charge >= 0.3 is 0 Å². The highest BCUT2D eigenvalue weighted by atomic mass is 19.3. The van der Waals surface area contributed by atoms with Crippen molar-refractivity contribution in [3.63, 3.8) is 0 Å². The molecule has 0 aliphatic heterocycles. The van der Waals surface area contributed by atoms with E-state index in [1.807, 2.05) is 0 Å². The lowest BCUT2D eigenvalue weighted by Gasteiger charge is -2.04. The quantitative estimate of drug-likeness (QED) is 0.454. The lowest BCUT2D eigenvalue weighted by Crippen LogP contribution is -1.96. The highest BCUT2D eigenvalue weighted by Crippen LogP contribution is 2.21. The molecule has 0 N–H and O–H groups in total. The average molecular weight is 297 g/mol. The van der Waals surface area contributed by atoms with Crippen LogP contribution in [0.1, 0.15) is 23.1 Å². The maximum Gasteiger partial charge on any atom is 0.264 e. The zero-order valence-corrected chi connectivity index (χ0v) is 10.8. The largest absolute Gasteiger partial charge is 0.391 e. The molecule has 0 unspecified atom stereocenters. The first kappa shape index (κ1) is 15.0. The van der Waals surface area contributed by atoms with Gasteiger partial charge in [-0.1, -0.05) is 29.4 Å². The van der Waals surface area contributed by atoms with Gasteiger partial charge in [-0.25, -0.2) is 17.6 Å². The van der Waals surface area contributed by atoms with E-state index in [2.05, 4.69) is 5.16 Å². The Morgan fingerprint density at radius 1 is 1.10 bits per heavy atom. The Balaban J connectivity index is 2.02. The molecule has 6 heteroatoms. The first-order valence-electron chi connectivity index (χ1n) is 6.04. The molecule has 110 valence electrons. The molecule has 0 fully saturated rings. The molecule has 0 aliphatic rings. The van der Waals surface area contributed by atoms with Crippen LogP contribution in [0.2, 0.25) is 0 Å². The first-order chi connectivity index (χ1) is 10.1. The topological polar surface area (TPSA) is 21.6 Å². The molecule has 2 rings (SSSR count). The summed E-state index contributed by atoms with van der Waals surface area (Å²) in [5.74, 6) is -1.22. The lowest BCUT2D eigenvalue weighted by molar-refractivity contribution is 0.129. The number of alkyl halides is 2. The van der Waals surface area contributed by atoms with Crippen LogP contribution in [0.4, 0.5) is 17.6 Å². The smallest absolute Gasteiger partial charge is 0.264 e. The zero-order chi connectivity index (χ0) is 15.2. The van der Waals surface area contributed by atoms with Crippen LogP contribution in [0.15, 0.2) is 47.6 Å². The third-order valence-electron chi connectivity index (χ3n) is 2.73. The number of nitrogens with zero attached hydrogens (tertiary/aromatic N) is 1. The minimum absolute atomic E-state index is 0.00528. The van der Waals surface area contributed by atoms with E-state index in [1.54, 1.807) is 6.07 Å². The summed E-state index contributed by atoms with van der Waals surface area (Å²) in [4.78, 5) is 4.81. The van der Waals surface area contributed by atoms with Crippen LogP contribution in [0, 0.1) is 11.6 Å². The summed E-state index contributed by atoms with van der Waals surface area (Å²) >= 11 is 0. The van der Waals surface area contributed by atoms with Crippen molar-refractivity contribution in [1.82, 2.24) is 0 Å². The van der Waals surface area contributed by atoms with Gasteiger partial charge in [0.05, 0.1) is 6.21 Å². The van der Waals surface area contributed by atoms with E-state index in [0.717, 1.165) is 24.4 Å². The summed E-state index contributed by atoms with van der Waals surface area (Å²) in [6, 6.07) is 8.75. The molecule has 2 nitrogen and oxygen atoms in total. The Kier molecular flexibility index (Phi) is 4.92. The van der Waals surface area contributed by atoms with Crippen molar-refractivity contribution < 1.29 is 22.4 Å². The molecule has 0 spiro atoms. The second-order valence-corrected chi connectivity index (χ2v) is 4.17. The Morgan fingerprint density at radius 3 is 2.62 bits per heavy atom. The van der Waals surface area contributed by atoms with Crippen LogP contribution in [-0.2, 0) is 11.4 Å². The van der Waals surface area contributed by atoms with E-state index in [9.17, 15) is 17.6 Å². The predicted octanol–water partition coefficient (Wildman–Crippen LogP) is 4.45. The molecular formula is C15H11F4NO. The van der Waals surface area contributed by atoms with E-state index >= 15 is 0 Å². The predicted molar refractivity (Wildman–Crippen MR) is 70.1 cm³/mol. The van der Waals surface area contributed by atoms with Crippen LogP contribution < -0.4 is 0 Å². The van der Waals surface area contributed by atoms with Crippen molar-refractivity contribution in [2.75, 3.05) is 0 Å². The summed E-state index contributed by atoms with van der Waals surface area (Å²) in [6.45, 7) is -0.295. The van der Waals surface area contributed by atoms with Gasteiger partial charge in [0.2, 0.25) is 0 Å². The fraction of sp³-hybridized carbons (Fsp3) is 0.133. The molecule has 0 bridgehead atoms. The molecule has 0 radical (unpaired) electrons. The van der Waals surface area contributed by atoms with Crippen LogP contribution in [0.25, 0.3) is 0 Å². The number of halogens is 4. The Bertz CT molecular complexity index is 643. The first-order valence-corrected chi connectivity index (χ1v) is 6.04. The second kappa shape index (κ2) is 6.88. The van der Waals surface area contributed by atoms with Crippen molar-refractivity contribution in [2.24, 2.45) is 5.16 Å². The molecule has 0 saturated carbocycles. The van der Waals surface area contributed by atoms with E-state index in [-0.39, 0.29) is 23.3 Å². The Morgan fingerprint density at radius 2 is 1.86 bits per heavy atom. The fourth-order valence-electron chi connectivity index (χ4n) is 1.68. The van der Waals surface area contributed by atoms with Gasteiger partial charge in [-0.2, -0.15) is 0 Å². The molecule has 21 heavy (non-hydrogen) atoms. The SMILES string of the molecule is Fc1ccc(F)c(CON=Cc2ccccc2C(F)F)c1. The number of hydrogen-bond donors (Lipinski definition) is 0. The Labute approximate surface area is 118 Å². The zero-order valence-electron chi connectivity index (χ0n) is 10.8. The van der Waals surface area contributed by atoms with Crippen molar-refractivity contribution in [3.8, 4) is 0 Å². The molecule has 0 saturated heterocycles. The molecule has 0 amide bonds. The number of oxime groups is 1. The summed E-state index contributed by atoms with van der Waals surface area (Å²) in [5, 5.41) is 3.50. The van der Waals surface area contributed by atoms with Crippen molar-refractivity contribution in [3.05, 3.63) is 70.8 Å². The molecule has 0 heterocycles. The van der Waals surface area contributed by atoms with Gasteiger partial charge in [0.15, 0.2) is 0 Å². The van der Waals surface area contributed by atoms with Gasteiger partial charge in [-0.15, -0.1) is 0 Å². The summed E-state index contributed by atoms with van der Waals surface area (Å²) in [6.07, 6.45) is -1.52.